The molecule has 0 heterocycles. The lowest BCUT2D eigenvalue weighted by Crippen LogP contribution is -2.53. The molecule has 0 radical (unpaired) electrons. The van der Waals surface area contributed by atoms with Crippen molar-refractivity contribution >= 4 is 50.7 Å². The first-order chi connectivity index (χ1) is 21.4. The van der Waals surface area contributed by atoms with E-state index in [0.29, 0.717) is 22.3 Å². The van der Waals surface area contributed by atoms with E-state index in [1.165, 1.54) is 29.2 Å². The van der Waals surface area contributed by atoms with Gasteiger partial charge in [-0.05, 0) is 78.1 Å². The van der Waals surface area contributed by atoms with Crippen LogP contribution in [0.1, 0.15) is 30.5 Å². The van der Waals surface area contributed by atoms with Gasteiger partial charge in [-0.15, -0.1) is 0 Å². The number of benzene rings is 4. The molecule has 0 saturated heterocycles. The maximum atomic E-state index is 14.5. The van der Waals surface area contributed by atoms with Crippen LogP contribution in [-0.4, -0.2) is 44.3 Å². The highest BCUT2D eigenvalue weighted by Crippen LogP contribution is 2.27. The zero-order chi connectivity index (χ0) is 32.6. The molecule has 0 aromatic heterocycles. The molecule has 10 heteroatoms. The third-order valence-electron chi connectivity index (χ3n) is 7.19. The van der Waals surface area contributed by atoms with Crippen molar-refractivity contribution in [2.45, 2.75) is 44.7 Å². The van der Waals surface area contributed by atoms with Crippen molar-refractivity contribution in [2.24, 2.45) is 5.92 Å². The molecule has 0 saturated carbocycles. The summed E-state index contributed by atoms with van der Waals surface area (Å²) in [5.74, 6) is -0.671. The first-order valence-corrected chi connectivity index (χ1v) is 16.8. The number of halogens is 2. The second-order valence-electron chi connectivity index (χ2n) is 11.3. The van der Waals surface area contributed by atoms with Crippen molar-refractivity contribution in [2.75, 3.05) is 17.4 Å². The van der Waals surface area contributed by atoms with Gasteiger partial charge in [-0.3, -0.25) is 13.9 Å². The van der Waals surface area contributed by atoms with Crippen LogP contribution in [-0.2, 0) is 32.6 Å². The molecule has 236 valence electrons. The minimum atomic E-state index is -4.21. The summed E-state index contributed by atoms with van der Waals surface area (Å²) in [7, 11) is -4.21. The molecule has 4 aromatic carbocycles. The summed E-state index contributed by atoms with van der Waals surface area (Å²) in [6, 6.07) is 28.3. The van der Waals surface area contributed by atoms with Gasteiger partial charge in [0.15, 0.2) is 0 Å². The van der Waals surface area contributed by atoms with Crippen LogP contribution >= 0.6 is 23.2 Å². The summed E-state index contributed by atoms with van der Waals surface area (Å²) in [6.45, 7) is 5.78. The van der Waals surface area contributed by atoms with Gasteiger partial charge < -0.3 is 10.2 Å². The smallest absolute Gasteiger partial charge is 0.264 e. The van der Waals surface area contributed by atoms with Crippen molar-refractivity contribution in [3.05, 3.63) is 130 Å². The van der Waals surface area contributed by atoms with E-state index in [1.807, 2.05) is 57.2 Å². The fourth-order valence-corrected chi connectivity index (χ4v) is 6.47. The third kappa shape index (κ3) is 9.33. The highest BCUT2D eigenvalue weighted by molar-refractivity contribution is 7.92. The lowest BCUT2D eigenvalue weighted by Gasteiger charge is -2.34. The molecule has 0 aliphatic heterocycles. The van der Waals surface area contributed by atoms with Crippen LogP contribution in [0.2, 0.25) is 10.0 Å². The monoisotopic (exact) mass is 665 g/mol. The SMILES string of the molecule is Cc1cccc(N(CC(=O)N(Cc2ccc(Cl)cc2)[C@H](Cc2ccccc2)C(=O)NCC(C)C)S(=O)(=O)c2ccc(Cl)cc2)c1. The Bertz CT molecular complexity index is 1700. The van der Waals surface area contributed by atoms with Gasteiger partial charge in [-0.1, -0.05) is 91.6 Å². The first-order valence-electron chi connectivity index (χ1n) is 14.6. The van der Waals surface area contributed by atoms with Gasteiger partial charge in [0.05, 0.1) is 10.6 Å². The van der Waals surface area contributed by atoms with E-state index >= 15 is 0 Å². The average Bonchev–Trinajstić information content (AvgIpc) is 3.01. The lowest BCUT2D eigenvalue weighted by molar-refractivity contribution is -0.140. The number of nitrogens with zero attached hydrogens (tertiary/aromatic N) is 2. The molecule has 7 nitrogen and oxygen atoms in total. The van der Waals surface area contributed by atoms with E-state index in [9.17, 15) is 18.0 Å². The van der Waals surface area contributed by atoms with Crippen molar-refractivity contribution in [3.63, 3.8) is 0 Å². The van der Waals surface area contributed by atoms with Crippen LogP contribution in [0.5, 0.6) is 0 Å². The van der Waals surface area contributed by atoms with Gasteiger partial charge in [-0.25, -0.2) is 8.42 Å². The van der Waals surface area contributed by atoms with Crippen LogP contribution in [0.25, 0.3) is 0 Å². The van der Waals surface area contributed by atoms with Crippen LogP contribution in [0, 0.1) is 12.8 Å². The summed E-state index contributed by atoms with van der Waals surface area (Å²) in [5.41, 5.74) is 2.75. The van der Waals surface area contributed by atoms with Gasteiger partial charge in [-0.2, -0.15) is 0 Å². The van der Waals surface area contributed by atoms with Crippen LogP contribution in [0.4, 0.5) is 5.69 Å². The highest BCUT2D eigenvalue weighted by Gasteiger charge is 2.34. The standard InChI is InChI=1S/C35H37Cl2N3O4S/c1-25(2)22-38-35(42)33(21-27-9-5-4-6-10-27)39(23-28-12-14-29(36)15-13-28)34(41)24-40(31-11-7-8-26(3)20-31)45(43,44)32-18-16-30(37)17-19-32/h4-20,25,33H,21-24H2,1-3H3,(H,38,42)/t33-/m1/s1. The number of amides is 2. The van der Waals surface area contributed by atoms with Crippen LogP contribution in [0.15, 0.2) is 108 Å². The number of sulfonamides is 1. The van der Waals surface area contributed by atoms with Crippen molar-refractivity contribution in [1.82, 2.24) is 10.2 Å². The number of nitrogens with one attached hydrogen (secondary N) is 1. The first kappa shape index (κ1) is 34.0. The van der Waals surface area contributed by atoms with Crippen molar-refractivity contribution in [1.29, 1.82) is 0 Å². The molecule has 0 bridgehead atoms. The number of hydrogen-bond acceptors (Lipinski definition) is 4. The number of carbonyl (C=O) groups excluding carboxylic acids is 2. The van der Waals surface area contributed by atoms with Crippen LogP contribution < -0.4 is 9.62 Å². The van der Waals surface area contributed by atoms with Gasteiger partial charge in [0.25, 0.3) is 10.0 Å². The lowest BCUT2D eigenvalue weighted by atomic mass is 10.0. The molecule has 1 N–H and O–H groups in total. The van der Waals surface area contributed by atoms with E-state index < -0.39 is 28.5 Å². The summed E-state index contributed by atoms with van der Waals surface area (Å²) in [6.07, 6.45) is 0.235. The zero-order valence-electron chi connectivity index (χ0n) is 25.5. The third-order valence-corrected chi connectivity index (χ3v) is 9.48. The predicted molar refractivity (Wildman–Crippen MR) is 181 cm³/mol. The minimum absolute atomic E-state index is 0.0130. The topological polar surface area (TPSA) is 86.8 Å². The molecule has 4 rings (SSSR count). The summed E-state index contributed by atoms with van der Waals surface area (Å²) in [5, 5.41) is 3.91. The molecule has 0 aliphatic carbocycles. The van der Waals surface area contributed by atoms with Gasteiger partial charge in [0, 0.05) is 29.6 Å². The van der Waals surface area contributed by atoms with Crippen molar-refractivity contribution < 1.29 is 18.0 Å². The van der Waals surface area contributed by atoms with E-state index in [-0.39, 0.29) is 29.7 Å². The van der Waals surface area contributed by atoms with Gasteiger partial charge in [0.1, 0.15) is 12.6 Å². The largest absolute Gasteiger partial charge is 0.354 e. The summed E-state index contributed by atoms with van der Waals surface area (Å²) < 4.78 is 29.3. The molecule has 0 aliphatic rings. The fraction of sp³-hybridized carbons (Fsp3) is 0.257. The van der Waals surface area contributed by atoms with E-state index in [4.69, 9.17) is 23.2 Å². The van der Waals surface area contributed by atoms with E-state index in [0.717, 1.165) is 21.0 Å². The number of aryl methyl sites for hydroxylation is 1. The fourth-order valence-electron chi connectivity index (χ4n) is 4.81. The van der Waals surface area contributed by atoms with Gasteiger partial charge >= 0.3 is 0 Å². The van der Waals surface area contributed by atoms with E-state index in [1.54, 1.807) is 42.5 Å². The molecule has 0 unspecified atom stereocenters. The highest BCUT2D eigenvalue weighted by atomic mass is 35.5. The number of anilines is 1. The normalized spacial score (nSPS) is 12.0. The molecular formula is C35H37Cl2N3O4S. The van der Waals surface area contributed by atoms with E-state index in [2.05, 4.69) is 5.32 Å². The summed E-state index contributed by atoms with van der Waals surface area (Å²) in [4.78, 5) is 29.8. The van der Waals surface area contributed by atoms with Gasteiger partial charge in [0.2, 0.25) is 11.8 Å². The molecule has 0 fully saturated rings. The minimum Gasteiger partial charge on any atom is -0.354 e. The second kappa shape index (κ2) is 15.4. The number of hydrogen-bond donors (Lipinski definition) is 1. The average molecular weight is 667 g/mol. The Morgan fingerprint density at radius 1 is 0.800 bits per heavy atom. The maximum Gasteiger partial charge on any atom is 0.264 e. The number of carbonyl (C=O) groups is 2. The Morgan fingerprint density at radius 3 is 2.02 bits per heavy atom. The number of rotatable bonds is 13. The Kier molecular flexibility index (Phi) is 11.7. The van der Waals surface area contributed by atoms with Crippen molar-refractivity contribution in [3.8, 4) is 0 Å². The second-order valence-corrected chi connectivity index (χ2v) is 14.0. The predicted octanol–water partition coefficient (Wildman–Crippen LogP) is 6.91. The molecular weight excluding hydrogens is 629 g/mol. The quantitative estimate of drug-likeness (QED) is 0.168. The molecule has 45 heavy (non-hydrogen) atoms. The molecule has 4 aromatic rings. The maximum absolute atomic E-state index is 14.5. The Labute approximate surface area is 275 Å². The molecule has 1 atom stereocenters. The molecule has 0 spiro atoms. The zero-order valence-corrected chi connectivity index (χ0v) is 27.8. The Hall–Kier alpha value is -3.85. The summed E-state index contributed by atoms with van der Waals surface area (Å²) >= 11 is 12.2. The van der Waals surface area contributed by atoms with Crippen LogP contribution in [0.3, 0.4) is 0 Å². The Balaban J connectivity index is 1.79. The molecule has 2 amide bonds. The Morgan fingerprint density at radius 2 is 1.42 bits per heavy atom.